The van der Waals surface area contributed by atoms with Crippen LogP contribution in [0.15, 0.2) is 30.5 Å². The van der Waals surface area contributed by atoms with E-state index in [4.69, 9.17) is 9.72 Å². The zero-order chi connectivity index (χ0) is 15.5. The maximum Gasteiger partial charge on any atom is 0.249 e. The summed E-state index contributed by atoms with van der Waals surface area (Å²) in [6, 6.07) is 7.92. The summed E-state index contributed by atoms with van der Waals surface area (Å²) in [5.74, 6) is 0.0257. The van der Waals surface area contributed by atoms with E-state index in [9.17, 15) is 4.79 Å². The number of likely N-dealkylation sites (tertiary alicyclic amines) is 1. The van der Waals surface area contributed by atoms with E-state index in [2.05, 4.69) is 5.10 Å². The second-order valence-electron chi connectivity index (χ2n) is 5.47. The van der Waals surface area contributed by atoms with Crippen molar-refractivity contribution in [3.63, 3.8) is 0 Å². The number of carbonyl (C=O) groups excluding carboxylic acids is 1. The van der Waals surface area contributed by atoms with Crippen LogP contribution in [0, 0.1) is 0 Å². The van der Waals surface area contributed by atoms with Crippen LogP contribution in [-0.4, -0.2) is 45.8 Å². The van der Waals surface area contributed by atoms with Crippen LogP contribution in [0.25, 0.3) is 11.4 Å². The molecule has 22 heavy (non-hydrogen) atoms. The zero-order valence-corrected chi connectivity index (χ0v) is 12.9. The van der Waals surface area contributed by atoms with Crippen molar-refractivity contribution in [2.24, 2.45) is 7.05 Å². The molecule has 0 saturated carbocycles. The fourth-order valence-electron chi connectivity index (χ4n) is 2.98. The summed E-state index contributed by atoms with van der Waals surface area (Å²) in [7, 11) is 3.44. The zero-order valence-electron chi connectivity index (χ0n) is 12.9. The van der Waals surface area contributed by atoms with Gasteiger partial charge in [0.1, 0.15) is 6.61 Å². The van der Waals surface area contributed by atoms with E-state index < -0.39 is 0 Å². The number of rotatable bonds is 4. The van der Waals surface area contributed by atoms with Crippen LogP contribution in [-0.2, 0) is 16.6 Å². The molecule has 6 heteroatoms. The second kappa shape index (κ2) is 6.27. The summed E-state index contributed by atoms with van der Waals surface area (Å²) in [5, 5.41) is 4.18. The van der Waals surface area contributed by atoms with Gasteiger partial charge in [-0.3, -0.25) is 9.48 Å². The first-order valence-corrected chi connectivity index (χ1v) is 7.44. The average molecular weight is 300 g/mol. The highest BCUT2D eigenvalue weighted by molar-refractivity contribution is 5.78. The Morgan fingerprint density at radius 3 is 3.00 bits per heavy atom. The third kappa shape index (κ3) is 2.74. The third-order valence-corrected chi connectivity index (χ3v) is 4.04. The highest BCUT2D eigenvalue weighted by atomic mass is 16.5. The van der Waals surface area contributed by atoms with Crippen LogP contribution in [0.1, 0.15) is 24.6 Å². The largest absolute Gasteiger partial charge is 0.375 e. The molecule has 2 aromatic rings. The van der Waals surface area contributed by atoms with Crippen LogP contribution in [0.4, 0.5) is 0 Å². The van der Waals surface area contributed by atoms with Crippen molar-refractivity contribution in [2.75, 3.05) is 20.3 Å². The van der Waals surface area contributed by atoms with Crippen molar-refractivity contribution in [1.82, 2.24) is 19.7 Å². The second-order valence-corrected chi connectivity index (χ2v) is 5.47. The maximum atomic E-state index is 12.2. The van der Waals surface area contributed by atoms with E-state index >= 15 is 0 Å². The lowest BCUT2D eigenvalue weighted by Gasteiger charge is -2.24. The van der Waals surface area contributed by atoms with Gasteiger partial charge in [0.05, 0.1) is 23.1 Å². The Morgan fingerprint density at radius 1 is 1.41 bits per heavy atom. The molecule has 0 aromatic carbocycles. The Morgan fingerprint density at radius 2 is 2.27 bits per heavy atom. The summed E-state index contributed by atoms with van der Waals surface area (Å²) in [5.41, 5.74) is 2.78. The Kier molecular flexibility index (Phi) is 4.20. The number of methoxy groups -OCH3 is 1. The molecule has 1 amide bonds. The monoisotopic (exact) mass is 300 g/mol. The Balaban J connectivity index is 1.88. The molecule has 1 saturated heterocycles. The van der Waals surface area contributed by atoms with Gasteiger partial charge in [0.15, 0.2) is 0 Å². The predicted molar refractivity (Wildman–Crippen MR) is 82.0 cm³/mol. The first kappa shape index (κ1) is 14.7. The molecule has 0 spiro atoms. The topological polar surface area (TPSA) is 60.2 Å². The highest BCUT2D eigenvalue weighted by Gasteiger charge is 2.30. The molecule has 1 fully saturated rings. The number of nitrogens with zero attached hydrogens (tertiary/aromatic N) is 4. The van der Waals surface area contributed by atoms with E-state index in [1.165, 1.54) is 0 Å². The molecular weight excluding hydrogens is 280 g/mol. The molecule has 1 aliphatic rings. The van der Waals surface area contributed by atoms with Gasteiger partial charge in [-0.15, -0.1) is 0 Å². The Labute approximate surface area is 129 Å². The van der Waals surface area contributed by atoms with E-state index in [-0.39, 0.29) is 18.6 Å². The maximum absolute atomic E-state index is 12.2. The minimum absolute atomic E-state index is 0.0257. The van der Waals surface area contributed by atoms with Gasteiger partial charge in [0.25, 0.3) is 0 Å². The van der Waals surface area contributed by atoms with Gasteiger partial charge in [-0.1, -0.05) is 6.07 Å². The normalized spacial score (nSPS) is 17.9. The van der Waals surface area contributed by atoms with Gasteiger partial charge in [-0.25, -0.2) is 4.98 Å². The molecule has 3 rings (SSSR count). The molecule has 0 aliphatic carbocycles. The van der Waals surface area contributed by atoms with Crippen molar-refractivity contribution >= 4 is 5.91 Å². The number of hydrogen-bond donors (Lipinski definition) is 0. The summed E-state index contributed by atoms with van der Waals surface area (Å²) >= 11 is 0. The average Bonchev–Trinajstić information content (AvgIpc) is 3.16. The molecular formula is C16H20N4O2. The highest BCUT2D eigenvalue weighted by Crippen LogP contribution is 2.31. The van der Waals surface area contributed by atoms with Crippen LogP contribution in [0.2, 0.25) is 0 Å². The number of carbonyl (C=O) groups is 1. The third-order valence-electron chi connectivity index (χ3n) is 4.04. The number of hydrogen-bond acceptors (Lipinski definition) is 4. The molecule has 6 nitrogen and oxygen atoms in total. The SMILES string of the molecule is COCC(=O)N1CCC[C@@H]1c1cccc(-c2ccnn2C)n1. The van der Waals surface area contributed by atoms with E-state index in [1.807, 2.05) is 36.2 Å². The molecule has 3 heterocycles. The van der Waals surface area contributed by atoms with Crippen molar-refractivity contribution in [3.05, 3.63) is 36.2 Å². The lowest BCUT2D eigenvalue weighted by atomic mass is 10.1. The molecule has 0 radical (unpaired) electrons. The quantitative estimate of drug-likeness (QED) is 0.864. The van der Waals surface area contributed by atoms with Crippen molar-refractivity contribution in [2.45, 2.75) is 18.9 Å². The van der Waals surface area contributed by atoms with Gasteiger partial charge in [0, 0.05) is 26.9 Å². The van der Waals surface area contributed by atoms with Crippen LogP contribution in [0.3, 0.4) is 0 Å². The molecule has 1 atom stereocenters. The number of aryl methyl sites for hydroxylation is 1. The van der Waals surface area contributed by atoms with Crippen LogP contribution in [0.5, 0.6) is 0 Å². The molecule has 116 valence electrons. The van der Waals surface area contributed by atoms with Gasteiger partial charge in [-0.05, 0) is 31.0 Å². The molecule has 2 aromatic heterocycles. The Bertz CT molecular complexity index is 668. The molecule has 0 bridgehead atoms. The van der Waals surface area contributed by atoms with Gasteiger partial charge in [0.2, 0.25) is 5.91 Å². The summed E-state index contributed by atoms with van der Waals surface area (Å²) in [6.07, 6.45) is 3.70. The molecule has 0 unspecified atom stereocenters. The van der Waals surface area contributed by atoms with E-state index in [0.717, 1.165) is 36.5 Å². The van der Waals surface area contributed by atoms with Gasteiger partial charge < -0.3 is 9.64 Å². The standard InChI is InChI=1S/C16H20N4O2/c1-19-14(8-9-17-19)12-5-3-6-13(18-12)15-7-4-10-20(15)16(21)11-22-2/h3,5-6,8-9,15H,4,7,10-11H2,1-2H3/t15-/m1/s1. The first-order valence-electron chi connectivity index (χ1n) is 7.44. The molecule has 1 aliphatic heterocycles. The minimum Gasteiger partial charge on any atom is -0.375 e. The molecule has 0 N–H and O–H groups in total. The van der Waals surface area contributed by atoms with Crippen molar-refractivity contribution < 1.29 is 9.53 Å². The summed E-state index contributed by atoms with van der Waals surface area (Å²) in [4.78, 5) is 18.8. The van der Waals surface area contributed by atoms with E-state index in [0.29, 0.717) is 0 Å². The summed E-state index contributed by atoms with van der Waals surface area (Å²) in [6.45, 7) is 0.891. The van der Waals surface area contributed by atoms with Crippen molar-refractivity contribution in [1.29, 1.82) is 0 Å². The van der Waals surface area contributed by atoms with Gasteiger partial charge in [-0.2, -0.15) is 5.10 Å². The fourth-order valence-corrected chi connectivity index (χ4v) is 2.98. The number of amides is 1. The van der Waals surface area contributed by atoms with Crippen LogP contribution < -0.4 is 0 Å². The fraction of sp³-hybridized carbons (Fsp3) is 0.438. The first-order chi connectivity index (χ1) is 10.7. The van der Waals surface area contributed by atoms with Gasteiger partial charge >= 0.3 is 0 Å². The Hall–Kier alpha value is -2.21. The van der Waals surface area contributed by atoms with E-state index in [1.54, 1.807) is 18.0 Å². The van der Waals surface area contributed by atoms with Crippen LogP contribution >= 0.6 is 0 Å². The lowest BCUT2D eigenvalue weighted by molar-refractivity contribution is -0.136. The minimum atomic E-state index is 0.0257. The smallest absolute Gasteiger partial charge is 0.249 e. The lowest BCUT2D eigenvalue weighted by Crippen LogP contribution is -2.33. The number of aromatic nitrogens is 3. The summed E-state index contributed by atoms with van der Waals surface area (Å²) < 4.78 is 6.78. The van der Waals surface area contributed by atoms with Crippen molar-refractivity contribution in [3.8, 4) is 11.4 Å². The predicted octanol–water partition coefficient (Wildman–Crippen LogP) is 1.79. The number of ether oxygens (including phenoxy) is 1. The number of pyridine rings is 1.